The van der Waals surface area contributed by atoms with Crippen molar-refractivity contribution >= 4 is 11.9 Å². The number of ether oxygens (including phenoxy) is 1. The molecule has 1 aromatic carbocycles. The molecule has 1 amide bonds. The summed E-state index contributed by atoms with van der Waals surface area (Å²) in [6.07, 6.45) is -0.258. The van der Waals surface area contributed by atoms with Crippen LogP contribution in [-0.2, 0) is 9.53 Å². The molecule has 4 heteroatoms. The number of aryl methyl sites for hydroxylation is 1. The van der Waals surface area contributed by atoms with E-state index in [1.54, 1.807) is 20.8 Å². The Balaban J connectivity index is 2.82. The first-order valence-corrected chi connectivity index (χ1v) is 6.73. The Labute approximate surface area is 120 Å². The van der Waals surface area contributed by atoms with Crippen LogP contribution in [0.25, 0.3) is 0 Å². The number of amides is 1. The summed E-state index contributed by atoms with van der Waals surface area (Å²) >= 11 is 0. The summed E-state index contributed by atoms with van der Waals surface area (Å²) in [5.74, 6) is 0.0200. The number of carbonyl (C=O) groups excluding carboxylic acids is 2. The van der Waals surface area contributed by atoms with Crippen LogP contribution >= 0.6 is 0 Å². The molecule has 0 heterocycles. The van der Waals surface area contributed by atoms with Gasteiger partial charge < -0.3 is 10.1 Å². The van der Waals surface area contributed by atoms with Crippen LogP contribution in [0.1, 0.15) is 51.3 Å². The minimum Gasteiger partial charge on any atom is -0.444 e. The number of hydrogen-bond acceptors (Lipinski definition) is 3. The first kappa shape index (κ1) is 16.2. The minimum absolute atomic E-state index is 0.0200. The summed E-state index contributed by atoms with van der Waals surface area (Å²) in [7, 11) is 0. The predicted octanol–water partition coefficient (Wildman–Crippen LogP) is 3.54. The maximum Gasteiger partial charge on any atom is 0.408 e. The minimum atomic E-state index is -0.557. The van der Waals surface area contributed by atoms with E-state index in [1.165, 1.54) is 6.92 Å². The quantitative estimate of drug-likeness (QED) is 0.915. The van der Waals surface area contributed by atoms with Gasteiger partial charge in [-0.25, -0.2) is 4.79 Å². The molecule has 0 aliphatic rings. The van der Waals surface area contributed by atoms with Crippen LogP contribution < -0.4 is 5.32 Å². The van der Waals surface area contributed by atoms with Crippen molar-refractivity contribution in [3.05, 3.63) is 35.4 Å². The third kappa shape index (κ3) is 5.87. The summed E-state index contributed by atoms with van der Waals surface area (Å²) in [5.41, 5.74) is 1.47. The van der Waals surface area contributed by atoms with E-state index in [0.717, 1.165) is 11.1 Å². The van der Waals surface area contributed by atoms with E-state index >= 15 is 0 Å². The number of benzene rings is 1. The van der Waals surface area contributed by atoms with Crippen LogP contribution in [0.15, 0.2) is 24.3 Å². The largest absolute Gasteiger partial charge is 0.444 e. The first-order valence-electron chi connectivity index (χ1n) is 6.73. The molecule has 0 unspecified atom stereocenters. The number of hydrogen-bond donors (Lipinski definition) is 1. The van der Waals surface area contributed by atoms with Gasteiger partial charge >= 0.3 is 6.09 Å². The molecule has 0 bridgehead atoms. The highest BCUT2D eigenvalue weighted by Gasteiger charge is 2.21. The highest BCUT2D eigenvalue weighted by molar-refractivity contribution is 5.77. The fourth-order valence-electron chi connectivity index (χ4n) is 1.79. The second-order valence-electron chi connectivity index (χ2n) is 6.02. The number of ketones is 1. The predicted molar refractivity (Wildman–Crippen MR) is 78.6 cm³/mol. The Kier molecular flexibility index (Phi) is 5.31. The Hall–Kier alpha value is -1.84. The molecule has 0 saturated heterocycles. The summed E-state index contributed by atoms with van der Waals surface area (Å²) in [6, 6.07) is 7.39. The molecular formula is C16H23NO3. The van der Waals surface area contributed by atoms with E-state index < -0.39 is 11.7 Å². The summed E-state index contributed by atoms with van der Waals surface area (Å²) in [6.45, 7) is 8.92. The third-order valence-corrected chi connectivity index (χ3v) is 2.66. The molecule has 110 valence electrons. The van der Waals surface area contributed by atoms with Gasteiger partial charge in [0.1, 0.15) is 11.4 Å². The molecular weight excluding hydrogens is 254 g/mol. The Morgan fingerprint density at radius 2 is 1.75 bits per heavy atom. The van der Waals surface area contributed by atoms with Crippen molar-refractivity contribution in [1.82, 2.24) is 5.32 Å². The molecule has 0 aliphatic heterocycles. The zero-order chi connectivity index (χ0) is 15.3. The molecule has 20 heavy (non-hydrogen) atoms. The lowest BCUT2D eigenvalue weighted by molar-refractivity contribution is -0.117. The molecule has 0 aromatic heterocycles. The van der Waals surface area contributed by atoms with E-state index in [-0.39, 0.29) is 18.2 Å². The number of alkyl carbamates (subject to hydrolysis) is 1. The molecule has 1 aromatic rings. The zero-order valence-electron chi connectivity index (χ0n) is 12.8. The fourth-order valence-corrected chi connectivity index (χ4v) is 1.79. The summed E-state index contributed by atoms with van der Waals surface area (Å²) in [5, 5.41) is 2.76. The van der Waals surface area contributed by atoms with Crippen molar-refractivity contribution in [2.24, 2.45) is 0 Å². The summed E-state index contributed by atoms with van der Waals surface area (Å²) in [4.78, 5) is 23.2. The van der Waals surface area contributed by atoms with E-state index in [1.807, 2.05) is 31.2 Å². The SMILES string of the molecule is CC(=O)C[C@H](NC(=O)OC(C)(C)C)c1ccc(C)cc1. The lowest BCUT2D eigenvalue weighted by atomic mass is 10.0. The third-order valence-electron chi connectivity index (χ3n) is 2.66. The molecule has 0 radical (unpaired) electrons. The molecule has 4 nitrogen and oxygen atoms in total. The Morgan fingerprint density at radius 3 is 2.20 bits per heavy atom. The van der Waals surface area contributed by atoms with Crippen LogP contribution in [0.2, 0.25) is 0 Å². The van der Waals surface area contributed by atoms with Gasteiger partial charge in [-0.3, -0.25) is 4.79 Å². The number of carbonyl (C=O) groups is 2. The van der Waals surface area contributed by atoms with Crippen molar-refractivity contribution in [2.45, 2.75) is 52.7 Å². The topological polar surface area (TPSA) is 55.4 Å². The second-order valence-corrected chi connectivity index (χ2v) is 6.02. The van der Waals surface area contributed by atoms with Crippen molar-refractivity contribution in [3.63, 3.8) is 0 Å². The van der Waals surface area contributed by atoms with Gasteiger partial charge in [0.25, 0.3) is 0 Å². The molecule has 1 rings (SSSR count). The Bertz CT molecular complexity index is 471. The standard InChI is InChI=1S/C16H23NO3/c1-11-6-8-13(9-7-11)14(10-12(2)18)17-15(19)20-16(3,4)5/h6-9,14H,10H2,1-5H3,(H,17,19)/t14-/m0/s1. The monoisotopic (exact) mass is 277 g/mol. The van der Waals surface area contributed by atoms with E-state index in [4.69, 9.17) is 4.74 Å². The van der Waals surface area contributed by atoms with Gasteiger partial charge in [0, 0.05) is 6.42 Å². The number of nitrogens with one attached hydrogen (secondary N) is 1. The summed E-state index contributed by atoms with van der Waals surface area (Å²) < 4.78 is 5.23. The van der Waals surface area contributed by atoms with Gasteiger partial charge in [-0.15, -0.1) is 0 Å². The van der Waals surface area contributed by atoms with Crippen LogP contribution in [0.3, 0.4) is 0 Å². The van der Waals surface area contributed by atoms with Gasteiger partial charge in [0.2, 0.25) is 0 Å². The van der Waals surface area contributed by atoms with E-state index in [0.29, 0.717) is 0 Å². The van der Waals surface area contributed by atoms with E-state index in [9.17, 15) is 9.59 Å². The van der Waals surface area contributed by atoms with Crippen LogP contribution in [0.4, 0.5) is 4.79 Å². The Morgan fingerprint density at radius 1 is 1.20 bits per heavy atom. The van der Waals surface area contributed by atoms with E-state index in [2.05, 4.69) is 5.32 Å². The van der Waals surface area contributed by atoms with Crippen molar-refractivity contribution in [3.8, 4) is 0 Å². The van der Waals surface area contributed by atoms with Crippen LogP contribution in [0, 0.1) is 6.92 Å². The average molecular weight is 277 g/mol. The van der Waals surface area contributed by atoms with Gasteiger partial charge in [0.15, 0.2) is 0 Å². The second kappa shape index (κ2) is 6.55. The highest BCUT2D eigenvalue weighted by Crippen LogP contribution is 2.19. The average Bonchev–Trinajstić information content (AvgIpc) is 2.25. The van der Waals surface area contributed by atoms with Crippen LogP contribution in [0.5, 0.6) is 0 Å². The van der Waals surface area contributed by atoms with Gasteiger partial charge in [0.05, 0.1) is 6.04 Å². The number of Topliss-reactive ketones (excluding diaryl/α,β-unsaturated/α-hetero) is 1. The molecule has 0 spiro atoms. The fraction of sp³-hybridized carbons (Fsp3) is 0.500. The van der Waals surface area contributed by atoms with Crippen LogP contribution in [-0.4, -0.2) is 17.5 Å². The lowest BCUT2D eigenvalue weighted by Gasteiger charge is -2.23. The zero-order valence-corrected chi connectivity index (χ0v) is 12.8. The highest BCUT2D eigenvalue weighted by atomic mass is 16.6. The van der Waals surface area contributed by atoms with Crippen molar-refractivity contribution < 1.29 is 14.3 Å². The molecule has 1 atom stereocenters. The smallest absolute Gasteiger partial charge is 0.408 e. The first-order chi connectivity index (χ1) is 9.17. The molecule has 1 N–H and O–H groups in total. The normalized spacial score (nSPS) is 12.7. The molecule has 0 aliphatic carbocycles. The van der Waals surface area contributed by atoms with Gasteiger partial charge in [-0.1, -0.05) is 29.8 Å². The maximum atomic E-state index is 11.8. The van der Waals surface area contributed by atoms with Gasteiger partial charge in [-0.05, 0) is 40.2 Å². The van der Waals surface area contributed by atoms with Gasteiger partial charge in [-0.2, -0.15) is 0 Å². The molecule has 0 saturated carbocycles. The molecule has 0 fully saturated rings. The van der Waals surface area contributed by atoms with Crippen molar-refractivity contribution in [1.29, 1.82) is 0 Å². The number of rotatable bonds is 4. The van der Waals surface area contributed by atoms with Crippen molar-refractivity contribution in [2.75, 3.05) is 0 Å². The lowest BCUT2D eigenvalue weighted by Crippen LogP contribution is -2.35. The maximum absolute atomic E-state index is 11.8.